The van der Waals surface area contributed by atoms with Crippen molar-refractivity contribution in [2.45, 2.75) is 18.3 Å². The van der Waals surface area contributed by atoms with Crippen molar-refractivity contribution in [3.05, 3.63) is 24.4 Å². The minimum atomic E-state index is -3.47. The quantitative estimate of drug-likeness (QED) is 0.679. The second-order valence-electron chi connectivity index (χ2n) is 4.01. The molecule has 18 heavy (non-hydrogen) atoms. The Balaban J connectivity index is 2.39. The average Bonchev–Trinajstić information content (AvgIpc) is 2.68. The summed E-state index contributed by atoms with van der Waals surface area (Å²) in [5.41, 5.74) is 0. The van der Waals surface area contributed by atoms with E-state index in [9.17, 15) is 13.2 Å². The monoisotopic (exact) mass is 270 g/mol. The molecule has 2 heterocycles. The lowest BCUT2D eigenvalue weighted by Crippen LogP contribution is -2.46. The highest BCUT2D eigenvalue weighted by Crippen LogP contribution is 2.25. The molecule has 0 amide bonds. The van der Waals surface area contributed by atoms with Crippen LogP contribution >= 0.6 is 0 Å². The average molecular weight is 270 g/mol. The zero-order valence-electron chi connectivity index (χ0n) is 10.1. The van der Waals surface area contributed by atoms with Crippen LogP contribution in [0.4, 0.5) is 0 Å². The van der Waals surface area contributed by atoms with E-state index in [1.165, 1.54) is 4.90 Å². The zero-order chi connectivity index (χ0) is 13.3. The van der Waals surface area contributed by atoms with Gasteiger partial charge in [0, 0.05) is 12.5 Å². The molecule has 0 N–H and O–H groups in total. The van der Waals surface area contributed by atoms with Gasteiger partial charge in [-0.25, -0.2) is 18.2 Å². The van der Waals surface area contributed by atoms with Gasteiger partial charge >= 0.3 is 5.97 Å². The molecule has 2 atom stereocenters. The number of hydrogen-bond donors (Lipinski definition) is 0. The normalized spacial score (nSPS) is 25.9. The van der Waals surface area contributed by atoms with Gasteiger partial charge in [0.2, 0.25) is 0 Å². The Morgan fingerprint density at radius 1 is 1.50 bits per heavy atom. The van der Waals surface area contributed by atoms with Crippen LogP contribution in [-0.2, 0) is 19.4 Å². The fourth-order valence-corrected chi connectivity index (χ4v) is 2.93. The molecule has 0 saturated carbocycles. The highest BCUT2D eigenvalue weighted by Gasteiger charge is 2.46. The molecule has 0 aromatic carbocycles. The predicted molar refractivity (Wildman–Crippen MR) is 66.6 cm³/mol. The number of sulfone groups is 1. The standard InChI is InChI=1S/C11H14N2O4S/c1-3-17-11(14)9-10(18(2,15)16)12-8-6-4-5-7-13(8)9/h4-7,9-10H,3H2,1-2H3. The van der Waals surface area contributed by atoms with Crippen LogP contribution in [0.15, 0.2) is 29.4 Å². The van der Waals surface area contributed by atoms with Crippen LogP contribution in [0.3, 0.4) is 0 Å². The first-order valence-electron chi connectivity index (χ1n) is 5.51. The van der Waals surface area contributed by atoms with Crippen LogP contribution in [0.1, 0.15) is 6.92 Å². The van der Waals surface area contributed by atoms with Crippen molar-refractivity contribution in [3.8, 4) is 0 Å². The van der Waals surface area contributed by atoms with Gasteiger partial charge in [-0.3, -0.25) is 0 Å². The minimum absolute atomic E-state index is 0.203. The van der Waals surface area contributed by atoms with E-state index in [-0.39, 0.29) is 6.61 Å². The number of carbonyl (C=O) groups excluding carboxylic acids is 1. The Bertz CT molecular complexity index is 547. The number of ether oxygens (including phenoxy) is 1. The third kappa shape index (κ3) is 2.17. The molecule has 2 rings (SSSR count). The number of carbonyl (C=O) groups is 1. The fraction of sp³-hybridized carbons (Fsp3) is 0.455. The maximum atomic E-state index is 11.9. The number of allylic oxidation sites excluding steroid dienone is 2. The van der Waals surface area contributed by atoms with E-state index in [2.05, 4.69) is 4.99 Å². The number of aliphatic imine (C=N–C) groups is 1. The summed E-state index contributed by atoms with van der Waals surface area (Å²) in [6, 6.07) is -0.934. The summed E-state index contributed by atoms with van der Waals surface area (Å²) in [5, 5.41) is -1.11. The third-order valence-corrected chi connectivity index (χ3v) is 3.90. The maximum absolute atomic E-state index is 11.9. The largest absolute Gasteiger partial charge is 0.464 e. The third-order valence-electron chi connectivity index (χ3n) is 2.66. The van der Waals surface area contributed by atoms with Crippen molar-refractivity contribution in [1.82, 2.24) is 4.90 Å². The van der Waals surface area contributed by atoms with Crippen molar-refractivity contribution >= 4 is 21.6 Å². The van der Waals surface area contributed by atoms with Gasteiger partial charge in [0.25, 0.3) is 0 Å². The van der Waals surface area contributed by atoms with E-state index < -0.39 is 27.2 Å². The summed E-state index contributed by atoms with van der Waals surface area (Å²) in [6.45, 7) is 1.88. The molecule has 0 aromatic rings. The van der Waals surface area contributed by atoms with Crippen molar-refractivity contribution < 1.29 is 17.9 Å². The van der Waals surface area contributed by atoms with Gasteiger partial charge in [0.05, 0.1) is 6.61 Å². The Hall–Kier alpha value is -1.63. The molecule has 0 fully saturated rings. The molecule has 0 spiro atoms. The first-order chi connectivity index (χ1) is 8.45. The van der Waals surface area contributed by atoms with Crippen LogP contribution in [0.25, 0.3) is 0 Å². The van der Waals surface area contributed by atoms with Crippen LogP contribution in [-0.4, -0.2) is 49.4 Å². The lowest BCUT2D eigenvalue weighted by atomic mass is 10.2. The van der Waals surface area contributed by atoms with Gasteiger partial charge in [-0.05, 0) is 19.1 Å². The highest BCUT2D eigenvalue weighted by molar-refractivity contribution is 7.91. The van der Waals surface area contributed by atoms with Gasteiger partial charge in [0.1, 0.15) is 5.84 Å². The Kier molecular flexibility index (Phi) is 3.25. The van der Waals surface area contributed by atoms with E-state index in [1.54, 1.807) is 31.4 Å². The second kappa shape index (κ2) is 4.56. The van der Waals surface area contributed by atoms with Gasteiger partial charge in [-0.2, -0.15) is 0 Å². The predicted octanol–water partition coefficient (Wildman–Crippen LogP) is 0.0864. The smallest absolute Gasteiger partial charge is 0.332 e. The Labute approximate surface area is 106 Å². The topological polar surface area (TPSA) is 76.0 Å². The number of hydrogen-bond acceptors (Lipinski definition) is 6. The molecular weight excluding hydrogens is 256 g/mol. The molecule has 7 heteroatoms. The molecule has 0 aromatic heterocycles. The summed E-state index contributed by atoms with van der Waals surface area (Å²) >= 11 is 0. The molecule has 6 nitrogen and oxygen atoms in total. The molecular formula is C11H14N2O4S. The van der Waals surface area contributed by atoms with Gasteiger partial charge < -0.3 is 9.64 Å². The van der Waals surface area contributed by atoms with Crippen LogP contribution in [0.2, 0.25) is 0 Å². The maximum Gasteiger partial charge on any atom is 0.332 e. The SMILES string of the molecule is CCOC(=O)C1C(S(C)(=O)=O)N=C2C=CC=CN21. The van der Waals surface area contributed by atoms with Gasteiger partial charge in [-0.15, -0.1) is 0 Å². The van der Waals surface area contributed by atoms with Gasteiger partial charge in [-0.1, -0.05) is 6.08 Å². The lowest BCUT2D eigenvalue weighted by molar-refractivity contribution is -0.146. The number of esters is 1. The van der Waals surface area contributed by atoms with E-state index in [4.69, 9.17) is 4.74 Å². The number of nitrogens with zero attached hydrogens (tertiary/aromatic N) is 2. The second-order valence-corrected chi connectivity index (χ2v) is 6.15. The fourth-order valence-electron chi connectivity index (χ4n) is 1.92. The highest BCUT2D eigenvalue weighted by atomic mass is 32.2. The number of fused-ring (bicyclic) bond motifs is 1. The van der Waals surface area contributed by atoms with E-state index >= 15 is 0 Å². The summed E-state index contributed by atoms with van der Waals surface area (Å²) < 4.78 is 28.3. The molecule has 2 aliphatic rings. The molecule has 2 aliphatic heterocycles. The summed E-state index contributed by atoms with van der Waals surface area (Å²) in [4.78, 5) is 17.5. The van der Waals surface area contributed by atoms with E-state index in [1.807, 2.05) is 0 Å². The molecule has 2 unspecified atom stereocenters. The molecule has 98 valence electrons. The first kappa shape index (κ1) is 12.8. The zero-order valence-corrected chi connectivity index (χ0v) is 10.9. The van der Waals surface area contributed by atoms with E-state index in [0.29, 0.717) is 5.84 Å². The lowest BCUT2D eigenvalue weighted by Gasteiger charge is -2.25. The molecule has 0 saturated heterocycles. The Morgan fingerprint density at radius 3 is 2.83 bits per heavy atom. The number of rotatable bonds is 3. The molecule has 0 radical (unpaired) electrons. The molecule has 0 aliphatic carbocycles. The van der Waals surface area contributed by atoms with Crippen molar-refractivity contribution in [3.63, 3.8) is 0 Å². The van der Waals surface area contributed by atoms with Crippen LogP contribution in [0.5, 0.6) is 0 Å². The minimum Gasteiger partial charge on any atom is -0.464 e. The van der Waals surface area contributed by atoms with Crippen LogP contribution in [0, 0.1) is 0 Å². The van der Waals surface area contributed by atoms with Crippen molar-refractivity contribution in [2.75, 3.05) is 12.9 Å². The summed E-state index contributed by atoms with van der Waals surface area (Å²) in [5.74, 6) is -0.113. The van der Waals surface area contributed by atoms with Gasteiger partial charge in [0.15, 0.2) is 21.3 Å². The first-order valence-corrected chi connectivity index (χ1v) is 7.47. The Morgan fingerprint density at radius 2 is 2.22 bits per heavy atom. The summed E-state index contributed by atoms with van der Waals surface area (Å²) in [7, 11) is -3.47. The van der Waals surface area contributed by atoms with Crippen LogP contribution < -0.4 is 0 Å². The van der Waals surface area contributed by atoms with Crippen molar-refractivity contribution in [2.24, 2.45) is 4.99 Å². The van der Waals surface area contributed by atoms with Crippen molar-refractivity contribution in [1.29, 1.82) is 0 Å². The number of amidine groups is 1. The van der Waals surface area contributed by atoms with E-state index in [0.717, 1.165) is 6.26 Å². The molecule has 0 bridgehead atoms. The summed E-state index contributed by atoms with van der Waals surface area (Å²) in [6.07, 6.45) is 7.82.